The third-order valence-electron chi connectivity index (χ3n) is 4.24. The second-order valence-corrected chi connectivity index (χ2v) is 10.1. The van der Waals surface area contributed by atoms with Crippen molar-refractivity contribution in [3.8, 4) is 0 Å². The van der Waals surface area contributed by atoms with Crippen LogP contribution in [0, 0.1) is 13.8 Å². The van der Waals surface area contributed by atoms with Gasteiger partial charge in [-0.15, -0.1) is 11.3 Å². The first-order valence-electron chi connectivity index (χ1n) is 8.45. The van der Waals surface area contributed by atoms with Gasteiger partial charge in [0.25, 0.3) is 5.91 Å². The van der Waals surface area contributed by atoms with Gasteiger partial charge in [-0.25, -0.2) is 4.98 Å². The maximum absolute atomic E-state index is 13.1. The number of amides is 1. The number of carbonyl (C=O) groups is 1. The van der Waals surface area contributed by atoms with Gasteiger partial charge in [0.1, 0.15) is 0 Å². The van der Waals surface area contributed by atoms with Gasteiger partial charge in [-0.05, 0) is 92.2 Å². The van der Waals surface area contributed by atoms with Crippen LogP contribution in [0.25, 0.3) is 10.2 Å². The summed E-state index contributed by atoms with van der Waals surface area (Å²) in [5, 5.41) is 0.776. The van der Waals surface area contributed by atoms with Crippen molar-refractivity contribution in [1.29, 1.82) is 0 Å². The first kappa shape index (κ1) is 19.5. The maximum atomic E-state index is 13.1. The molecule has 138 valence electrons. The van der Waals surface area contributed by atoms with Gasteiger partial charge in [0.05, 0.1) is 18.9 Å². The van der Waals surface area contributed by atoms with Crippen LogP contribution in [-0.2, 0) is 0 Å². The zero-order chi connectivity index (χ0) is 18.8. The van der Waals surface area contributed by atoms with Gasteiger partial charge in [-0.3, -0.25) is 9.69 Å². The highest BCUT2D eigenvalue weighted by atomic mass is 79.9. The Hall–Kier alpha value is -1.28. The van der Waals surface area contributed by atoms with E-state index < -0.39 is 0 Å². The van der Waals surface area contributed by atoms with Crippen LogP contribution in [0.1, 0.15) is 27.2 Å². The number of thiophene rings is 1. The minimum atomic E-state index is 0.0203. The largest absolute Gasteiger partial charge is 0.309 e. The molecule has 2 aromatic heterocycles. The van der Waals surface area contributed by atoms with E-state index in [9.17, 15) is 4.79 Å². The molecule has 0 saturated heterocycles. The number of halogens is 1. The summed E-state index contributed by atoms with van der Waals surface area (Å²) in [6.45, 7) is 5.79. The average molecular weight is 452 g/mol. The normalized spacial score (nSPS) is 11.5. The van der Waals surface area contributed by atoms with Crippen LogP contribution in [0.2, 0.25) is 0 Å². The number of nitrogens with zero attached hydrogens (tertiary/aromatic N) is 3. The highest BCUT2D eigenvalue weighted by molar-refractivity contribution is 9.11. The zero-order valence-corrected chi connectivity index (χ0v) is 18.6. The van der Waals surface area contributed by atoms with E-state index in [2.05, 4.69) is 46.8 Å². The van der Waals surface area contributed by atoms with E-state index in [1.165, 1.54) is 22.5 Å². The number of thiazole rings is 1. The lowest BCUT2D eigenvalue weighted by molar-refractivity contribution is 0.0990. The summed E-state index contributed by atoms with van der Waals surface area (Å²) in [7, 11) is 4.09. The number of hydrogen-bond donors (Lipinski definition) is 0. The number of hydrogen-bond acceptors (Lipinski definition) is 5. The quantitative estimate of drug-likeness (QED) is 0.507. The monoisotopic (exact) mass is 451 g/mol. The molecular formula is C19H22BrN3OS2. The van der Waals surface area contributed by atoms with E-state index in [0.29, 0.717) is 6.54 Å². The summed E-state index contributed by atoms with van der Waals surface area (Å²) in [4.78, 5) is 22.6. The second-order valence-electron chi connectivity index (χ2n) is 6.62. The highest BCUT2D eigenvalue weighted by Crippen LogP contribution is 2.33. The van der Waals surface area contributed by atoms with Crippen molar-refractivity contribution in [2.75, 3.05) is 32.1 Å². The van der Waals surface area contributed by atoms with Crippen molar-refractivity contribution in [3.05, 3.63) is 44.1 Å². The molecule has 0 N–H and O–H groups in total. The van der Waals surface area contributed by atoms with E-state index in [1.54, 1.807) is 11.3 Å². The molecule has 1 amide bonds. The molecule has 0 fully saturated rings. The fourth-order valence-corrected chi connectivity index (χ4v) is 5.08. The van der Waals surface area contributed by atoms with Crippen molar-refractivity contribution in [1.82, 2.24) is 9.88 Å². The Kier molecular flexibility index (Phi) is 6.12. The van der Waals surface area contributed by atoms with E-state index >= 15 is 0 Å². The SMILES string of the molecule is Cc1cc2nc(N(CCCN(C)C)C(=O)c3ccc(Br)s3)sc2cc1C. The van der Waals surface area contributed by atoms with Gasteiger partial charge >= 0.3 is 0 Å². The average Bonchev–Trinajstić information content (AvgIpc) is 3.17. The Bertz CT molecular complexity index is 893. The van der Waals surface area contributed by atoms with Crippen LogP contribution in [0.5, 0.6) is 0 Å². The molecule has 26 heavy (non-hydrogen) atoms. The molecule has 1 aromatic carbocycles. The van der Waals surface area contributed by atoms with Crippen LogP contribution < -0.4 is 4.90 Å². The predicted molar refractivity (Wildman–Crippen MR) is 116 cm³/mol. The number of anilines is 1. The van der Waals surface area contributed by atoms with Crippen LogP contribution in [-0.4, -0.2) is 43.0 Å². The highest BCUT2D eigenvalue weighted by Gasteiger charge is 2.22. The van der Waals surface area contributed by atoms with E-state index in [1.807, 2.05) is 31.1 Å². The van der Waals surface area contributed by atoms with Crippen molar-refractivity contribution < 1.29 is 4.79 Å². The zero-order valence-electron chi connectivity index (χ0n) is 15.4. The number of aromatic nitrogens is 1. The first-order chi connectivity index (χ1) is 12.3. The molecular weight excluding hydrogens is 430 g/mol. The summed E-state index contributed by atoms with van der Waals surface area (Å²) in [5.41, 5.74) is 3.44. The molecule has 7 heteroatoms. The first-order valence-corrected chi connectivity index (χ1v) is 10.9. The molecule has 0 atom stereocenters. The van der Waals surface area contributed by atoms with Crippen molar-refractivity contribution in [2.24, 2.45) is 0 Å². The van der Waals surface area contributed by atoms with E-state index in [4.69, 9.17) is 4.98 Å². The van der Waals surface area contributed by atoms with Crippen LogP contribution in [0.3, 0.4) is 0 Å². The molecule has 0 bridgehead atoms. The number of aryl methyl sites for hydroxylation is 2. The molecule has 0 aliphatic carbocycles. The fourth-order valence-electron chi connectivity index (χ4n) is 2.67. The van der Waals surface area contributed by atoms with Gasteiger partial charge in [0, 0.05) is 6.54 Å². The van der Waals surface area contributed by atoms with Crippen molar-refractivity contribution >= 4 is 59.9 Å². The molecule has 3 aromatic rings. The predicted octanol–water partition coefficient (Wildman–Crippen LogP) is 5.34. The van der Waals surface area contributed by atoms with Gasteiger partial charge in [-0.2, -0.15) is 0 Å². The molecule has 0 radical (unpaired) electrons. The maximum Gasteiger partial charge on any atom is 0.270 e. The third-order valence-corrected chi connectivity index (χ3v) is 6.89. The van der Waals surface area contributed by atoms with Crippen LogP contribution >= 0.6 is 38.6 Å². The third kappa shape index (κ3) is 4.34. The van der Waals surface area contributed by atoms with Gasteiger partial charge in [0.15, 0.2) is 5.13 Å². The lowest BCUT2D eigenvalue weighted by Crippen LogP contribution is -2.32. The molecule has 4 nitrogen and oxygen atoms in total. The smallest absolute Gasteiger partial charge is 0.270 e. The number of carbonyl (C=O) groups excluding carboxylic acids is 1. The standard InChI is InChI=1S/C19H22BrN3OS2/c1-12-10-14-16(11-13(12)2)26-19(21-14)23(9-5-8-22(3)4)18(24)15-6-7-17(20)25-15/h6-7,10-11H,5,8-9H2,1-4H3. The molecule has 0 aliphatic rings. The summed E-state index contributed by atoms with van der Waals surface area (Å²) < 4.78 is 2.09. The number of benzene rings is 1. The Morgan fingerprint density at radius 2 is 1.85 bits per heavy atom. The number of rotatable bonds is 6. The summed E-state index contributed by atoms with van der Waals surface area (Å²) in [5.74, 6) is 0.0203. The Morgan fingerprint density at radius 3 is 2.50 bits per heavy atom. The van der Waals surface area contributed by atoms with Crippen LogP contribution in [0.15, 0.2) is 28.1 Å². The topological polar surface area (TPSA) is 36.4 Å². The van der Waals surface area contributed by atoms with Crippen molar-refractivity contribution in [2.45, 2.75) is 20.3 Å². The Balaban J connectivity index is 1.95. The molecule has 0 spiro atoms. The molecule has 3 rings (SSSR count). The summed E-state index contributed by atoms with van der Waals surface area (Å²) in [6, 6.07) is 8.06. The molecule has 2 heterocycles. The molecule has 0 saturated carbocycles. The lowest BCUT2D eigenvalue weighted by atomic mass is 10.1. The molecule has 0 aliphatic heterocycles. The fraction of sp³-hybridized carbons (Fsp3) is 0.368. The van der Waals surface area contributed by atoms with Gasteiger partial charge in [0.2, 0.25) is 0 Å². The second kappa shape index (κ2) is 8.17. The number of fused-ring (bicyclic) bond motifs is 1. The van der Waals surface area contributed by atoms with E-state index in [0.717, 1.165) is 37.0 Å². The summed E-state index contributed by atoms with van der Waals surface area (Å²) in [6.07, 6.45) is 0.902. The van der Waals surface area contributed by atoms with Gasteiger partial charge < -0.3 is 4.90 Å². The van der Waals surface area contributed by atoms with Gasteiger partial charge in [-0.1, -0.05) is 11.3 Å². The van der Waals surface area contributed by atoms with Crippen molar-refractivity contribution in [3.63, 3.8) is 0 Å². The Labute approximate surface area is 170 Å². The lowest BCUT2D eigenvalue weighted by Gasteiger charge is -2.20. The van der Waals surface area contributed by atoms with Crippen LogP contribution in [0.4, 0.5) is 5.13 Å². The van der Waals surface area contributed by atoms with E-state index in [-0.39, 0.29) is 5.91 Å². The minimum absolute atomic E-state index is 0.0203. The summed E-state index contributed by atoms with van der Waals surface area (Å²) >= 11 is 6.50. The minimum Gasteiger partial charge on any atom is -0.309 e. The molecule has 0 unspecified atom stereocenters. The Morgan fingerprint density at radius 1 is 1.12 bits per heavy atom.